The molecule has 4 heteroatoms. The molecular weight excluding hydrogens is 170 g/mol. The number of rotatable bonds is 3. The van der Waals surface area contributed by atoms with E-state index in [0.29, 0.717) is 5.56 Å². The number of hydrogen-bond acceptors (Lipinski definition) is 3. The number of aliphatic hydroxyl groups is 1. The summed E-state index contributed by atoms with van der Waals surface area (Å²) in [6.45, 7) is 0. The van der Waals surface area contributed by atoms with Crippen LogP contribution in [-0.2, 0) is 4.79 Å². The van der Waals surface area contributed by atoms with Crippen LogP contribution in [0.25, 0.3) is 0 Å². The number of hydrogen-bond donors (Lipinski definition) is 3. The van der Waals surface area contributed by atoms with E-state index in [4.69, 9.17) is 15.9 Å². The normalized spacial score (nSPS) is 14.9. The van der Waals surface area contributed by atoms with Gasteiger partial charge in [0, 0.05) is 0 Å². The molecule has 0 unspecified atom stereocenters. The van der Waals surface area contributed by atoms with Gasteiger partial charge in [0.15, 0.2) is 6.10 Å². The van der Waals surface area contributed by atoms with Crippen molar-refractivity contribution < 1.29 is 15.0 Å². The first-order chi connectivity index (χ1) is 6.13. The largest absolute Gasteiger partial charge is 0.479 e. The molecule has 0 saturated carbocycles. The van der Waals surface area contributed by atoms with Gasteiger partial charge in [-0.1, -0.05) is 30.3 Å². The van der Waals surface area contributed by atoms with E-state index in [1.54, 1.807) is 30.3 Å². The number of carboxylic acids is 1. The Kier molecular flexibility index (Phi) is 3.00. The Morgan fingerprint density at radius 3 is 2.31 bits per heavy atom. The lowest BCUT2D eigenvalue weighted by atomic mass is 10.0. The van der Waals surface area contributed by atoms with Crippen molar-refractivity contribution >= 4 is 5.97 Å². The van der Waals surface area contributed by atoms with Crippen LogP contribution in [0.1, 0.15) is 11.6 Å². The second kappa shape index (κ2) is 4.02. The van der Waals surface area contributed by atoms with Crippen molar-refractivity contribution in [3.05, 3.63) is 35.9 Å². The van der Waals surface area contributed by atoms with Crippen LogP contribution in [0.15, 0.2) is 30.3 Å². The monoisotopic (exact) mass is 181 g/mol. The summed E-state index contributed by atoms with van der Waals surface area (Å²) in [5.74, 6) is -1.31. The van der Waals surface area contributed by atoms with Crippen LogP contribution in [-0.4, -0.2) is 22.3 Å². The molecule has 0 aliphatic heterocycles. The van der Waals surface area contributed by atoms with Crippen molar-refractivity contribution in [3.63, 3.8) is 0 Å². The quantitative estimate of drug-likeness (QED) is 0.619. The van der Waals surface area contributed by atoms with Gasteiger partial charge in [-0.15, -0.1) is 0 Å². The second-order valence-corrected chi connectivity index (χ2v) is 2.72. The summed E-state index contributed by atoms with van der Waals surface area (Å²) in [6, 6.07) is 7.75. The van der Waals surface area contributed by atoms with Gasteiger partial charge in [0.05, 0.1) is 6.04 Å². The van der Waals surface area contributed by atoms with Gasteiger partial charge in [0.25, 0.3) is 0 Å². The molecule has 4 N–H and O–H groups in total. The lowest BCUT2D eigenvalue weighted by molar-refractivity contribution is -0.147. The molecule has 0 saturated heterocycles. The SMILES string of the molecule is N[C@@H](c1ccccc1)[C@@H](O)C(=O)O. The van der Waals surface area contributed by atoms with Crippen LogP contribution in [0.5, 0.6) is 0 Å². The average Bonchev–Trinajstić information content (AvgIpc) is 2.17. The molecule has 0 spiro atoms. The zero-order chi connectivity index (χ0) is 9.84. The van der Waals surface area contributed by atoms with Crippen molar-refractivity contribution in [2.24, 2.45) is 5.73 Å². The molecular formula is C9H11NO3. The maximum absolute atomic E-state index is 10.4. The summed E-state index contributed by atoms with van der Waals surface area (Å²) in [7, 11) is 0. The second-order valence-electron chi connectivity index (χ2n) is 2.72. The Bertz CT molecular complexity index is 286. The molecule has 70 valence electrons. The molecule has 0 aliphatic carbocycles. The molecule has 4 nitrogen and oxygen atoms in total. The highest BCUT2D eigenvalue weighted by Crippen LogP contribution is 2.13. The fourth-order valence-corrected chi connectivity index (χ4v) is 1.01. The van der Waals surface area contributed by atoms with Gasteiger partial charge in [-0.25, -0.2) is 4.79 Å². The summed E-state index contributed by atoms with van der Waals surface area (Å²) < 4.78 is 0. The first-order valence-corrected chi connectivity index (χ1v) is 3.84. The molecule has 0 aromatic heterocycles. The van der Waals surface area contributed by atoms with Crippen LogP contribution in [0, 0.1) is 0 Å². The number of carbonyl (C=O) groups is 1. The fraction of sp³-hybridized carbons (Fsp3) is 0.222. The third kappa shape index (κ3) is 2.27. The molecule has 13 heavy (non-hydrogen) atoms. The highest BCUT2D eigenvalue weighted by Gasteiger charge is 2.22. The molecule has 0 bridgehead atoms. The van der Waals surface area contributed by atoms with Crippen LogP contribution >= 0.6 is 0 Å². The van der Waals surface area contributed by atoms with Gasteiger partial charge < -0.3 is 15.9 Å². The third-order valence-corrected chi connectivity index (χ3v) is 1.78. The number of benzene rings is 1. The minimum absolute atomic E-state index is 0.609. The van der Waals surface area contributed by atoms with Gasteiger partial charge in [0.2, 0.25) is 0 Å². The molecule has 0 heterocycles. The van der Waals surface area contributed by atoms with Crippen LogP contribution in [0.4, 0.5) is 0 Å². The molecule has 0 fully saturated rings. The van der Waals surface area contributed by atoms with Gasteiger partial charge in [0.1, 0.15) is 0 Å². The van der Waals surface area contributed by atoms with Gasteiger partial charge >= 0.3 is 5.97 Å². The first kappa shape index (κ1) is 9.70. The number of aliphatic carboxylic acids is 1. The van der Waals surface area contributed by atoms with Crippen LogP contribution in [0.3, 0.4) is 0 Å². The lowest BCUT2D eigenvalue weighted by Gasteiger charge is -2.14. The Morgan fingerprint density at radius 2 is 1.85 bits per heavy atom. The van der Waals surface area contributed by atoms with Crippen LogP contribution < -0.4 is 5.73 Å². The molecule has 0 aliphatic rings. The highest BCUT2D eigenvalue weighted by atomic mass is 16.4. The smallest absolute Gasteiger partial charge is 0.334 e. The predicted molar refractivity (Wildman–Crippen MR) is 47.0 cm³/mol. The zero-order valence-electron chi connectivity index (χ0n) is 6.92. The molecule has 1 aromatic carbocycles. The summed E-state index contributed by atoms with van der Waals surface area (Å²) in [5.41, 5.74) is 6.12. The summed E-state index contributed by atoms with van der Waals surface area (Å²) in [4.78, 5) is 10.4. The van der Waals surface area contributed by atoms with Crippen molar-refractivity contribution in [1.29, 1.82) is 0 Å². The minimum Gasteiger partial charge on any atom is -0.479 e. The minimum atomic E-state index is -1.55. The fourth-order valence-electron chi connectivity index (χ4n) is 1.01. The molecule has 1 aromatic rings. The number of carboxylic acid groups (broad SMARTS) is 1. The van der Waals surface area contributed by atoms with Gasteiger partial charge in [-0.2, -0.15) is 0 Å². The lowest BCUT2D eigenvalue weighted by Crippen LogP contribution is -2.33. The van der Waals surface area contributed by atoms with Gasteiger partial charge in [-0.3, -0.25) is 0 Å². The molecule has 0 radical (unpaired) electrons. The predicted octanol–water partition coefficient (Wildman–Crippen LogP) is 0.132. The van der Waals surface area contributed by atoms with Crippen molar-refractivity contribution in [1.82, 2.24) is 0 Å². The highest BCUT2D eigenvalue weighted by molar-refractivity contribution is 5.73. The van der Waals surface area contributed by atoms with Crippen molar-refractivity contribution in [3.8, 4) is 0 Å². The van der Waals surface area contributed by atoms with E-state index in [1.165, 1.54) is 0 Å². The van der Waals surface area contributed by atoms with Crippen LogP contribution in [0.2, 0.25) is 0 Å². The summed E-state index contributed by atoms with van der Waals surface area (Å²) >= 11 is 0. The van der Waals surface area contributed by atoms with E-state index >= 15 is 0 Å². The average molecular weight is 181 g/mol. The van der Waals surface area contributed by atoms with E-state index in [9.17, 15) is 4.79 Å². The Balaban J connectivity index is 2.79. The first-order valence-electron chi connectivity index (χ1n) is 3.84. The number of nitrogens with two attached hydrogens (primary N) is 1. The van der Waals surface area contributed by atoms with E-state index in [1.807, 2.05) is 0 Å². The van der Waals surface area contributed by atoms with E-state index in [-0.39, 0.29) is 0 Å². The molecule has 0 amide bonds. The molecule has 1 rings (SSSR count). The summed E-state index contributed by atoms with van der Waals surface area (Å²) in [6.07, 6.45) is -1.55. The standard InChI is InChI=1S/C9H11NO3/c10-7(8(11)9(12)13)6-4-2-1-3-5-6/h1-5,7-8,11H,10H2,(H,12,13)/t7-,8+/m0/s1. The topological polar surface area (TPSA) is 83.5 Å². The van der Waals surface area contributed by atoms with E-state index < -0.39 is 18.1 Å². The Hall–Kier alpha value is -1.39. The number of aliphatic hydroxyl groups excluding tert-OH is 1. The van der Waals surface area contributed by atoms with E-state index in [2.05, 4.69) is 0 Å². The third-order valence-electron chi connectivity index (χ3n) is 1.78. The van der Waals surface area contributed by atoms with Crippen molar-refractivity contribution in [2.45, 2.75) is 12.1 Å². The maximum Gasteiger partial charge on any atom is 0.334 e. The van der Waals surface area contributed by atoms with E-state index in [0.717, 1.165) is 0 Å². The summed E-state index contributed by atoms with van der Waals surface area (Å²) in [5, 5.41) is 17.6. The van der Waals surface area contributed by atoms with Gasteiger partial charge in [-0.05, 0) is 5.56 Å². The zero-order valence-corrected chi connectivity index (χ0v) is 6.92. The maximum atomic E-state index is 10.4. The Labute approximate surface area is 75.6 Å². The Morgan fingerprint density at radius 1 is 1.31 bits per heavy atom. The van der Waals surface area contributed by atoms with Crippen molar-refractivity contribution in [2.75, 3.05) is 0 Å². The molecule has 2 atom stereocenters.